The number of amides is 1. The van der Waals surface area contributed by atoms with Gasteiger partial charge >= 0.3 is 0 Å². The molecule has 2 heterocycles. The molecule has 1 atom stereocenters. The van der Waals surface area contributed by atoms with Crippen molar-refractivity contribution in [3.8, 4) is 0 Å². The number of aromatic nitrogens is 2. The van der Waals surface area contributed by atoms with Crippen LogP contribution in [0.25, 0.3) is 0 Å². The third-order valence-electron chi connectivity index (χ3n) is 5.29. The van der Waals surface area contributed by atoms with Crippen LogP contribution in [0.1, 0.15) is 42.6 Å². The third-order valence-corrected chi connectivity index (χ3v) is 5.29. The number of carbonyl (C=O) groups is 1. The minimum absolute atomic E-state index is 0.275. The van der Waals surface area contributed by atoms with Gasteiger partial charge in [0.05, 0.1) is 5.69 Å². The molecule has 1 spiro atoms. The van der Waals surface area contributed by atoms with Crippen LogP contribution in [0.4, 0.5) is 0 Å². The quantitative estimate of drug-likeness (QED) is 0.719. The molecule has 1 aliphatic heterocycles. The van der Waals surface area contributed by atoms with E-state index in [2.05, 4.69) is 27.8 Å². The van der Waals surface area contributed by atoms with Crippen molar-refractivity contribution in [2.24, 2.45) is 11.3 Å². The summed E-state index contributed by atoms with van der Waals surface area (Å²) in [5, 5.41) is 13.7. The van der Waals surface area contributed by atoms with Gasteiger partial charge in [-0.3, -0.25) is 9.89 Å². The Bertz CT molecular complexity index is 497. The van der Waals surface area contributed by atoms with Crippen molar-refractivity contribution < 1.29 is 4.79 Å². The maximum Gasteiger partial charge on any atom is 0.223 e. The summed E-state index contributed by atoms with van der Waals surface area (Å²) in [6.07, 6.45) is 5.39. The maximum atomic E-state index is 12.2. The van der Waals surface area contributed by atoms with Crippen LogP contribution in [0.2, 0.25) is 0 Å². The SMILES string of the molecule is Cc1n[nH]c(C)c1CCCNC(=O)C1CC12CCNCC2. The number of nitrogens with one attached hydrogen (secondary N) is 3. The normalized spacial score (nSPS) is 23.2. The van der Waals surface area contributed by atoms with Gasteiger partial charge in [0.25, 0.3) is 0 Å². The molecule has 1 saturated carbocycles. The van der Waals surface area contributed by atoms with E-state index in [0.717, 1.165) is 50.3 Å². The predicted molar refractivity (Wildman–Crippen MR) is 82.0 cm³/mol. The zero-order valence-corrected chi connectivity index (χ0v) is 13.1. The molecule has 1 amide bonds. The molecular formula is C16H26N4O. The van der Waals surface area contributed by atoms with Crippen LogP contribution < -0.4 is 10.6 Å². The van der Waals surface area contributed by atoms with E-state index in [0.29, 0.717) is 5.41 Å². The minimum Gasteiger partial charge on any atom is -0.356 e. The number of H-pyrrole nitrogens is 1. The molecular weight excluding hydrogens is 264 g/mol. The Labute approximate surface area is 126 Å². The molecule has 1 aromatic rings. The molecule has 1 saturated heterocycles. The highest BCUT2D eigenvalue weighted by Gasteiger charge is 2.57. The van der Waals surface area contributed by atoms with Crippen LogP contribution >= 0.6 is 0 Å². The van der Waals surface area contributed by atoms with E-state index in [1.807, 2.05) is 6.92 Å². The first-order valence-electron chi connectivity index (χ1n) is 8.11. The number of rotatable bonds is 5. The number of hydrogen-bond acceptors (Lipinski definition) is 3. The Morgan fingerprint density at radius 1 is 1.38 bits per heavy atom. The van der Waals surface area contributed by atoms with Gasteiger partial charge in [0, 0.05) is 18.2 Å². The highest BCUT2D eigenvalue weighted by Crippen LogP contribution is 2.58. The summed E-state index contributed by atoms with van der Waals surface area (Å²) >= 11 is 0. The smallest absolute Gasteiger partial charge is 0.223 e. The average molecular weight is 290 g/mol. The molecule has 0 bridgehead atoms. The molecule has 3 N–H and O–H groups in total. The van der Waals surface area contributed by atoms with Gasteiger partial charge in [0.2, 0.25) is 5.91 Å². The van der Waals surface area contributed by atoms with E-state index in [4.69, 9.17) is 0 Å². The lowest BCUT2D eigenvalue weighted by molar-refractivity contribution is -0.123. The van der Waals surface area contributed by atoms with Crippen LogP contribution in [0.3, 0.4) is 0 Å². The summed E-state index contributed by atoms with van der Waals surface area (Å²) in [6.45, 7) is 7.00. The average Bonchev–Trinajstić information content (AvgIpc) is 3.08. The standard InChI is InChI=1S/C16H26N4O/c1-11-13(12(2)20-19-11)4-3-7-18-15(21)14-10-16(14)5-8-17-9-6-16/h14,17H,3-10H2,1-2H3,(H,18,21)(H,19,20). The second-order valence-corrected chi connectivity index (χ2v) is 6.68. The largest absolute Gasteiger partial charge is 0.356 e. The van der Waals surface area contributed by atoms with Crippen LogP contribution in [-0.2, 0) is 11.2 Å². The Morgan fingerprint density at radius 3 is 2.81 bits per heavy atom. The van der Waals surface area contributed by atoms with Crippen molar-refractivity contribution in [1.29, 1.82) is 0 Å². The van der Waals surface area contributed by atoms with Crippen molar-refractivity contribution in [3.05, 3.63) is 17.0 Å². The molecule has 0 aromatic carbocycles. The maximum absolute atomic E-state index is 12.2. The lowest BCUT2D eigenvalue weighted by atomic mass is 9.92. The second kappa shape index (κ2) is 5.79. The summed E-state index contributed by atoms with van der Waals surface area (Å²) in [5.41, 5.74) is 3.86. The van der Waals surface area contributed by atoms with Crippen LogP contribution in [-0.4, -0.2) is 35.7 Å². The van der Waals surface area contributed by atoms with Crippen molar-refractivity contribution >= 4 is 5.91 Å². The van der Waals surface area contributed by atoms with Crippen molar-refractivity contribution in [1.82, 2.24) is 20.8 Å². The number of piperidine rings is 1. The monoisotopic (exact) mass is 290 g/mol. The molecule has 21 heavy (non-hydrogen) atoms. The molecule has 1 unspecified atom stereocenters. The fourth-order valence-corrected chi connectivity index (χ4v) is 3.74. The highest BCUT2D eigenvalue weighted by atomic mass is 16.2. The van der Waals surface area contributed by atoms with Gasteiger partial charge in [-0.1, -0.05) is 0 Å². The number of hydrogen-bond donors (Lipinski definition) is 3. The minimum atomic E-state index is 0.275. The number of carbonyl (C=O) groups excluding carboxylic acids is 1. The molecule has 1 aliphatic carbocycles. The van der Waals surface area contributed by atoms with Gasteiger partial charge in [0.15, 0.2) is 0 Å². The lowest BCUT2D eigenvalue weighted by Gasteiger charge is -2.23. The topological polar surface area (TPSA) is 69.8 Å². The Kier molecular flexibility index (Phi) is 4.02. The van der Waals surface area contributed by atoms with Gasteiger partial charge in [-0.25, -0.2) is 0 Å². The van der Waals surface area contributed by atoms with Gasteiger partial charge in [-0.2, -0.15) is 5.10 Å². The third kappa shape index (κ3) is 2.98. The van der Waals surface area contributed by atoms with E-state index in [9.17, 15) is 4.79 Å². The predicted octanol–water partition coefficient (Wildman–Crippen LogP) is 1.47. The molecule has 2 aliphatic rings. The molecule has 0 radical (unpaired) electrons. The summed E-state index contributed by atoms with van der Waals surface area (Å²) in [4.78, 5) is 12.2. The zero-order valence-electron chi connectivity index (χ0n) is 13.1. The molecule has 5 heteroatoms. The van der Waals surface area contributed by atoms with Crippen molar-refractivity contribution in [3.63, 3.8) is 0 Å². The summed E-state index contributed by atoms with van der Waals surface area (Å²) in [7, 11) is 0. The van der Waals surface area contributed by atoms with E-state index in [-0.39, 0.29) is 11.8 Å². The van der Waals surface area contributed by atoms with E-state index in [1.54, 1.807) is 0 Å². The number of nitrogens with zero attached hydrogens (tertiary/aromatic N) is 1. The summed E-state index contributed by atoms with van der Waals surface area (Å²) < 4.78 is 0. The second-order valence-electron chi connectivity index (χ2n) is 6.68. The van der Waals surface area contributed by atoms with Crippen LogP contribution in [0.15, 0.2) is 0 Å². The highest BCUT2D eigenvalue weighted by molar-refractivity contribution is 5.82. The van der Waals surface area contributed by atoms with Crippen molar-refractivity contribution in [2.75, 3.05) is 19.6 Å². The Morgan fingerprint density at radius 2 is 2.14 bits per heavy atom. The molecule has 3 rings (SSSR count). The first-order valence-corrected chi connectivity index (χ1v) is 8.11. The molecule has 5 nitrogen and oxygen atoms in total. The fraction of sp³-hybridized carbons (Fsp3) is 0.750. The van der Waals surface area contributed by atoms with Crippen LogP contribution in [0, 0.1) is 25.2 Å². The van der Waals surface area contributed by atoms with Gasteiger partial charge in [-0.15, -0.1) is 0 Å². The fourth-order valence-electron chi connectivity index (χ4n) is 3.74. The Hall–Kier alpha value is -1.36. The van der Waals surface area contributed by atoms with Crippen LogP contribution in [0.5, 0.6) is 0 Å². The van der Waals surface area contributed by atoms with Crippen molar-refractivity contribution in [2.45, 2.75) is 46.0 Å². The lowest BCUT2D eigenvalue weighted by Crippen LogP contribution is -2.34. The zero-order chi connectivity index (χ0) is 14.9. The molecule has 2 fully saturated rings. The first kappa shape index (κ1) is 14.6. The van der Waals surface area contributed by atoms with Gasteiger partial charge < -0.3 is 10.6 Å². The molecule has 1 aromatic heterocycles. The molecule has 116 valence electrons. The number of aryl methyl sites for hydroxylation is 2. The van der Waals surface area contributed by atoms with Gasteiger partial charge in [-0.05, 0) is 70.0 Å². The Balaban J connectivity index is 1.39. The number of aromatic amines is 1. The summed E-state index contributed by atoms with van der Waals surface area (Å²) in [6, 6.07) is 0. The van der Waals surface area contributed by atoms with E-state index in [1.165, 1.54) is 18.4 Å². The van der Waals surface area contributed by atoms with E-state index < -0.39 is 0 Å². The van der Waals surface area contributed by atoms with Gasteiger partial charge in [0.1, 0.15) is 0 Å². The summed E-state index contributed by atoms with van der Waals surface area (Å²) in [5.74, 6) is 0.550. The first-order chi connectivity index (χ1) is 10.1. The van der Waals surface area contributed by atoms with E-state index >= 15 is 0 Å².